The Morgan fingerprint density at radius 3 is 2.45 bits per heavy atom. The van der Waals surface area contributed by atoms with Gasteiger partial charge in [-0.3, -0.25) is 0 Å². The molecular formula is C18H16N2O2. The predicted molar refractivity (Wildman–Crippen MR) is 85.8 cm³/mol. The van der Waals surface area contributed by atoms with Crippen molar-refractivity contribution in [1.29, 1.82) is 5.26 Å². The van der Waals surface area contributed by atoms with Crippen LogP contribution in [0.2, 0.25) is 0 Å². The van der Waals surface area contributed by atoms with Crippen LogP contribution in [0.4, 0.5) is 4.79 Å². The molecule has 0 aliphatic carbocycles. The summed E-state index contributed by atoms with van der Waals surface area (Å²) in [7, 11) is 0. The fourth-order valence-electron chi connectivity index (χ4n) is 2.62. The molecule has 0 unspecified atom stereocenters. The highest BCUT2D eigenvalue weighted by molar-refractivity contribution is 6.14. The number of hydrogen-bond acceptors (Lipinski definition) is 3. The number of rotatable bonds is 0. The van der Waals surface area contributed by atoms with Gasteiger partial charge in [0.2, 0.25) is 0 Å². The van der Waals surface area contributed by atoms with E-state index in [1.807, 2.05) is 51.1 Å². The first-order chi connectivity index (χ1) is 10.4. The van der Waals surface area contributed by atoms with Gasteiger partial charge in [-0.2, -0.15) is 5.26 Å². The van der Waals surface area contributed by atoms with Crippen LogP contribution in [0.25, 0.3) is 21.8 Å². The van der Waals surface area contributed by atoms with Gasteiger partial charge in [-0.1, -0.05) is 24.3 Å². The van der Waals surface area contributed by atoms with Crippen LogP contribution in [-0.4, -0.2) is 16.3 Å². The molecule has 4 heteroatoms. The first-order valence-electron chi connectivity index (χ1n) is 7.08. The highest BCUT2D eigenvalue weighted by Crippen LogP contribution is 2.31. The molecule has 0 bridgehead atoms. The topological polar surface area (TPSA) is 55.0 Å². The molecule has 0 aliphatic heterocycles. The van der Waals surface area contributed by atoms with Gasteiger partial charge in [-0.15, -0.1) is 0 Å². The predicted octanol–water partition coefficient (Wildman–Crippen LogP) is 4.45. The number of benzene rings is 2. The van der Waals surface area contributed by atoms with Crippen LogP contribution in [0, 0.1) is 11.3 Å². The first-order valence-corrected chi connectivity index (χ1v) is 7.08. The summed E-state index contributed by atoms with van der Waals surface area (Å²) in [5.41, 5.74) is 1.40. The molecule has 3 rings (SSSR count). The van der Waals surface area contributed by atoms with E-state index < -0.39 is 11.7 Å². The number of carbonyl (C=O) groups excluding carboxylic acids is 1. The minimum Gasteiger partial charge on any atom is -0.443 e. The highest BCUT2D eigenvalue weighted by atomic mass is 16.6. The number of hydrogen-bond donors (Lipinski definition) is 0. The minimum absolute atomic E-state index is 0.436. The van der Waals surface area contributed by atoms with Gasteiger partial charge >= 0.3 is 6.09 Å². The number of nitriles is 1. The summed E-state index contributed by atoms with van der Waals surface area (Å²) in [4.78, 5) is 12.6. The maximum atomic E-state index is 12.6. The molecule has 2 aromatic carbocycles. The van der Waals surface area contributed by atoms with Crippen molar-refractivity contribution in [1.82, 2.24) is 4.57 Å². The Morgan fingerprint density at radius 1 is 1.09 bits per heavy atom. The second kappa shape index (κ2) is 4.88. The van der Waals surface area contributed by atoms with Crippen molar-refractivity contribution in [3.8, 4) is 6.07 Å². The van der Waals surface area contributed by atoms with Crippen molar-refractivity contribution >= 4 is 27.9 Å². The molecule has 0 aliphatic rings. The Morgan fingerprint density at radius 2 is 1.77 bits per heavy atom. The van der Waals surface area contributed by atoms with Gasteiger partial charge in [0.25, 0.3) is 0 Å². The molecule has 0 fully saturated rings. The third kappa shape index (κ3) is 2.21. The van der Waals surface area contributed by atoms with E-state index in [2.05, 4.69) is 6.07 Å². The molecule has 0 atom stereocenters. The lowest BCUT2D eigenvalue weighted by atomic mass is 10.1. The molecule has 110 valence electrons. The van der Waals surface area contributed by atoms with Crippen molar-refractivity contribution in [2.24, 2.45) is 0 Å². The summed E-state index contributed by atoms with van der Waals surface area (Å²) in [6.07, 6.45) is -0.436. The first kappa shape index (κ1) is 14.2. The summed E-state index contributed by atoms with van der Waals surface area (Å²) in [5.74, 6) is 0. The lowest BCUT2D eigenvalue weighted by Gasteiger charge is -2.20. The molecule has 0 amide bonds. The average Bonchev–Trinajstić information content (AvgIpc) is 2.79. The van der Waals surface area contributed by atoms with E-state index in [-0.39, 0.29) is 0 Å². The van der Waals surface area contributed by atoms with Crippen LogP contribution < -0.4 is 0 Å². The fourth-order valence-corrected chi connectivity index (χ4v) is 2.62. The molecule has 1 heterocycles. The summed E-state index contributed by atoms with van der Waals surface area (Å²) < 4.78 is 7.05. The number of nitrogens with zero attached hydrogens (tertiary/aromatic N) is 2. The van der Waals surface area contributed by atoms with E-state index in [9.17, 15) is 10.1 Å². The Hall–Kier alpha value is -2.80. The average molecular weight is 292 g/mol. The Labute approximate surface area is 128 Å². The van der Waals surface area contributed by atoms with Crippen molar-refractivity contribution in [3.05, 3.63) is 48.0 Å². The van der Waals surface area contributed by atoms with E-state index in [1.54, 1.807) is 12.1 Å². The van der Waals surface area contributed by atoms with Crippen molar-refractivity contribution in [2.75, 3.05) is 0 Å². The quantitative estimate of drug-likeness (QED) is 0.615. The Bertz CT molecular complexity index is 924. The van der Waals surface area contributed by atoms with Gasteiger partial charge in [0.05, 0.1) is 22.7 Å². The zero-order chi connectivity index (χ0) is 15.9. The molecule has 0 radical (unpaired) electrons. The molecule has 1 aromatic heterocycles. The zero-order valence-corrected chi connectivity index (χ0v) is 12.8. The number of ether oxygens (including phenoxy) is 1. The monoisotopic (exact) mass is 292 g/mol. The summed E-state index contributed by atoms with van der Waals surface area (Å²) in [5, 5.41) is 11.0. The van der Waals surface area contributed by atoms with Crippen LogP contribution in [0.3, 0.4) is 0 Å². The van der Waals surface area contributed by atoms with Crippen LogP contribution in [-0.2, 0) is 4.74 Å². The normalized spacial score (nSPS) is 11.5. The minimum atomic E-state index is -0.582. The van der Waals surface area contributed by atoms with Crippen molar-refractivity contribution in [2.45, 2.75) is 26.4 Å². The van der Waals surface area contributed by atoms with Crippen LogP contribution in [0.1, 0.15) is 26.3 Å². The lowest BCUT2D eigenvalue weighted by molar-refractivity contribution is 0.0551. The van der Waals surface area contributed by atoms with Gasteiger partial charge in [0.1, 0.15) is 5.60 Å². The van der Waals surface area contributed by atoms with Crippen LogP contribution in [0.5, 0.6) is 0 Å². The molecular weight excluding hydrogens is 276 g/mol. The van der Waals surface area contributed by atoms with Crippen molar-refractivity contribution in [3.63, 3.8) is 0 Å². The van der Waals surface area contributed by atoms with Gasteiger partial charge in [0.15, 0.2) is 0 Å². The lowest BCUT2D eigenvalue weighted by Crippen LogP contribution is -2.27. The van der Waals surface area contributed by atoms with Gasteiger partial charge in [0, 0.05) is 10.8 Å². The number of fused-ring (bicyclic) bond motifs is 3. The zero-order valence-electron chi connectivity index (χ0n) is 12.8. The second-order valence-electron chi connectivity index (χ2n) is 6.14. The summed E-state index contributed by atoms with van der Waals surface area (Å²) in [6.45, 7) is 5.50. The fraction of sp³-hybridized carbons (Fsp3) is 0.222. The van der Waals surface area contributed by atoms with Crippen LogP contribution in [0.15, 0.2) is 42.5 Å². The van der Waals surface area contributed by atoms with E-state index >= 15 is 0 Å². The SMILES string of the molecule is CC(C)(C)OC(=O)n1c2ccccc2c2c(C#N)cccc21. The van der Waals surface area contributed by atoms with Gasteiger partial charge in [-0.05, 0) is 39.0 Å². The van der Waals surface area contributed by atoms with E-state index in [0.29, 0.717) is 11.1 Å². The standard InChI is InChI=1S/C18H16N2O2/c1-18(2,3)22-17(21)20-14-9-5-4-8-13(14)16-12(11-19)7-6-10-15(16)20/h4-10H,1-3H3. The summed E-state index contributed by atoms with van der Waals surface area (Å²) in [6, 6.07) is 15.1. The smallest absolute Gasteiger partial charge is 0.419 e. The molecule has 0 saturated heterocycles. The van der Waals surface area contributed by atoms with E-state index in [4.69, 9.17) is 4.74 Å². The molecule has 3 aromatic rings. The van der Waals surface area contributed by atoms with Gasteiger partial charge < -0.3 is 4.74 Å². The number of aromatic nitrogens is 1. The number of carbonyl (C=O) groups is 1. The summed E-state index contributed by atoms with van der Waals surface area (Å²) >= 11 is 0. The van der Waals surface area contributed by atoms with Gasteiger partial charge in [-0.25, -0.2) is 9.36 Å². The molecule has 0 saturated carbocycles. The van der Waals surface area contributed by atoms with E-state index in [1.165, 1.54) is 4.57 Å². The molecule has 4 nitrogen and oxygen atoms in total. The maximum absolute atomic E-state index is 12.6. The Kier molecular flexibility index (Phi) is 3.14. The van der Waals surface area contributed by atoms with Crippen LogP contribution >= 0.6 is 0 Å². The second-order valence-corrected chi connectivity index (χ2v) is 6.14. The molecule has 22 heavy (non-hydrogen) atoms. The molecule has 0 spiro atoms. The third-order valence-electron chi connectivity index (χ3n) is 3.39. The van der Waals surface area contributed by atoms with E-state index in [0.717, 1.165) is 16.3 Å². The number of para-hydroxylation sites is 1. The Balaban J connectivity index is 2.38. The largest absolute Gasteiger partial charge is 0.443 e. The third-order valence-corrected chi connectivity index (χ3v) is 3.39. The van der Waals surface area contributed by atoms with Crippen molar-refractivity contribution < 1.29 is 9.53 Å². The highest BCUT2D eigenvalue weighted by Gasteiger charge is 2.23. The molecule has 0 N–H and O–H groups in total. The maximum Gasteiger partial charge on any atom is 0.419 e.